The van der Waals surface area contributed by atoms with Gasteiger partial charge in [0.25, 0.3) is 5.91 Å². The lowest BCUT2D eigenvalue weighted by molar-refractivity contribution is -0.127. The van der Waals surface area contributed by atoms with Crippen molar-refractivity contribution in [3.8, 4) is 11.5 Å². The van der Waals surface area contributed by atoms with Gasteiger partial charge in [0.05, 0.1) is 18.3 Å². The van der Waals surface area contributed by atoms with E-state index in [4.69, 9.17) is 9.47 Å². The number of benzene rings is 2. The van der Waals surface area contributed by atoms with Crippen molar-refractivity contribution in [1.82, 2.24) is 15.5 Å². The second kappa shape index (κ2) is 9.05. The minimum Gasteiger partial charge on any atom is -0.486 e. The average Bonchev–Trinajstić information content (AvgIpc) is 3.46. The molecule has 0 unspecified atom stereocenters. The summed E-state index contributed by atoms with van der Waals surface area (Å²) in [4.78, 5) is 29.2. The predicted octanol–water partition coefficient (Wildman–Crippen LogP) is 3.20. The van der Waals surface area contributed by atoms with E-state index in [0.29, 0.717) is 31.0 Å². The predicted molar refractivity (Wildman–Crippen MR) is 124 cm³/mol. The largest absolute Gasteiger partial charge is 0.486 e. The number of aromatic amines is 1. The Morgan fingerprint density at radius 1 is 1.06 bits per heavy atom. The summed E-state index contributed by atoms with van der Waals surface area (Å²) in [6, 6.07) is 11.3. The Morgan fingerprint density at radius 2 is 1.88 bits per heavy atom. The molecule has 1 aromatic heterocycles. The van der Waals surface area contributed by atoms with Gasteiger partial charge in [0.1, 0.15) is 18.1 Å². The van der Waals surface area contributed by atoms with Gasteiger partial charge >= 0.3 is 0 Å². The van der Waals surface area contributed by atoms with Crippen molar-refractivity contribution in [1.29, 1.82) is 0 Å². The molecule has 0 saturated heterocycles. The molecule has 2 aliphatic rings. The maximum Gasteiger partial charge on any atom is 0.257 e. The molecule has 33 heavy (non-hydrogen) atoms. The number of amides is 1. The average molecular weight is 447 g/mol. The first kappa shape index (κ1) is 21.2. The zero-order valence-corrected chi connectivity index (χ0v) is 18.3. The first-order valence-corrected chi connectivity index (χ1v) is 11.2. The highest BCUT2D eigenvalue weighted by Gasteiger charge is 2.39. The molecule has 1 aliphatic heterocycles. The van der Waals surface area contributed by atoms with Crippen LogP contribution in [0.5, 0.6) is 11.5 Å². The molecule has 0 bridgehead atoms. The van der Waals surface area contributed by atoms with Gasteiger partial charge in [-0.1, -0.05) is 6.42 Å². The normalized spacial score (nSPS) is 15.6. The van der Waals surface area contributed by atoms with E-state index in [9.17, 15) is 9.59 Å². The number of rotatable bonds is 10. The number of Topliss-reactive ketones (excluding diaryl/α,β-unsaturated/α-hetero) is 1. The quantitative estimate of drug-likeness (QED) is 0.498. The molecule has 1 amide bonds. The molecule has 8 nitrogen and oxygen atoms in total. The summed E-state index contributed by atoms with van der Waals surface area (Å²) in [5.41, 5.74) is 2.88. The molecule has 0 atom stereocenters. The third kappa shape index (κ3) is 4.89. The molecule has 2 N–H and O–H groups in total. The Balaban J connectivity index is 1.07. The van der Waals surface area contributed by atoms with Crippen molar-refractivity contribution in [2.45, 2.75) is 32.2 Å². The van der Waals surface area contributed by atoms with E-state index in [2.05, 4.69) is 20.5 Å². The highest BCUT2D eigenvalue weighted by Crippen LogP contribution is 2.43. The molecule has 1 saturated carbocycles. The van der Waals surface area contributed by atoms with Crippen LogP contribution in [-0.2, 0) is 16.1 Å². The first-order valence-electron chi connectivity index (χ1n) is 11.2. The summed E-state index contributed by atoms with van der Waals surface area (Å²) in [6.45, 7) is 1.08. The maximum atomic E-state index is 12.6. The van der Waals surface area contributed by atoms with Crippen LogP contribution in [0.2, 0.25) is 0 Å². The van der Waals surface area contributed by atoms with E-state index < -0.39 is 0 Å². The van der Waals surface area contributed by atoms with E-state index in [1.54, 1.807) is 6.20 Å². The van der Waals surface area contributed by atoms with Crippen molar-refractivity contribution >= 4 is 28.8 Å². The summed E-state index contributed by atoms with van der Waals surface area (Å²) < 4.78 is 11.3. The van der Waals surface area contributed by atoms with Crippen LogP contribution in [0.15, 0.2) is 47.6 Å². The zero-order chi connectivity index (χ0) is 22.7. The van der Waals surface area contributed by atoms with Gasteiger partial charge in [-0.2, -0.15) is 5.10 Å². The Bertz CT molecular complexity index is 1210. The van der Waals surface area contributed by atoms with Gasteiger partial charge in [-0.25, -0.2) is 0 Å². The molecule has 8 heteroatoms. The van der Waals surface area contributed by atoms with Crippen LogP contribution in [0, 0.1) is 5.41 Å². The van der Waals surface area contributed by atoms with Crippen LogP contribution < -0.4 is 14.8 Å². The summed E-state index contributed by atoms with van der Waals surface area (Å²) >= 11 is 0. The summed E-state index contributed by atoms with van der Waals surface area (Å²) in [5.74, 6) is 1.14. The fourth-order valence-corrected chi connectivity index (χ4v) is 4.39. The Hall–Kier alpha value is -3.68. The van der Waals surface area contributed by atoms with Gasteiger partial charge in [-0.3, -0.25) is 19.7 Å². The van der Waals surface area contributed by atoms with Crippen molar-refractivity contribution in [2.24, 2.45) is 10.4 Å². The van der Waals surface area contributed by atoms with Crippen LogP contribution >= 0.6 is 0 Å². The highest BCUT2D eigenvalue weighted by atomic mass is 16.5. The summed E-state index contributed by atoms with van der Waals surface area (Å²) in [7, 11) is 0. The monoisotopic (exact) mass is 446 g/mol. The third-order valence-electron chi connectivity index (χ3n) is 6.44. The lowest BCUT2D eigenvalue weighted by Gasteiger charge is -2.41. The number of carbonyl (C=O) groups excluding carboxylic acids is 2. The number of ketones is 1. The fourth-order valence-electron chi connectivity index (χ4n) is 4.39. The van der Waals surface area contributed by atoms with Gasteiger partial charge in [-0.15, -0.1) is 0 Å². The smallest absolute Gasteiger partial charge is 0.257 e. The van der Waals surface area contributed by atoms with E-state index in [1.165, 1.54) is 0 Å². The number of H-pyrrole nitrogens is 1. The van der Waals surface area contributed by atoms with Crippen molar-refractivity contribution < 1.29 is 19.1 Å². The fraction of sp³-hybridized carbons (Fsp3) is 0.360. The standard InChI is InChI=1S/C25H26N4O4/c30-20(14-32-22-5-3-18-13-28-29-23(18)9-22)10-25(6-1-7-25)16-27-24(31)15-33-21-4-2-17-11-26-12-19(17)8-21/h2-5,8-9,11,13H,1,6-7,10,12,14-16H2,(H,27,31)(H,28,29). The number of hydrogen-bond donors (Lipinski definition) is 2. The molecule has 0 radical (unpaired) electrons. The molecular formula is C25H26N4O4. The highest BCUT2D eigenvalue weighted by molar-refractivity contribution is 5.85. The van der Waals surface area contributed by atoms with E-state index in [0.717, 1.165) is 41.3 Å². The Labute approximate surface area is 191 Å². The molecule has 1 fully saturated rings. The lowest BCUT2D eigenvalue weighted by Crippen LogP contribution is -2.45. The van der Waals surface area contributed by atoms with Crippen LogP contribution in [0.25, 0.3) is 10.9 Å². The van der Waals surface area contributed by atoms with Crippen LogP contribution in [0.3, 0.4) is 0 Å². The molecule has 2 aromatic carbocycles. The Morgan fingerprint density at radius 3 is 2.73 bits per heavy atom. The SMILES string of the molecule is O=C(COc1ccc2cn[nH]c2c1)CC1(CNC(=O)COc2ccc3c(c2)CN=C3)CCC1. The zero-order valence-electron chi connectivity index (χ0n) is 18.3. The second-order valence-electron chi connectivity index (χ2n) is 8.87. The minimum atomic E-state index is -0.186. The number of aromatic nitrogens is 2. The molecule has 3 aromatic rings. The van der Waals surface area contributed by atoms with Gasteiger partial charge in [-0.05, 0) is 59.7 Å². The van der Waals surface area contributed by atoms with Gasteiger partial charge < -0.3 is 14.8 Å². The van der Waals surface area contributed by atoms with Crippen LogP contribution in [0.4, 0.5) is 0 Å². The number of ether oxygens (including phenoxy) is 2. The second-order valence-corrected chi connectivity index (χ2v) is 8.87. The molecule has 170 valence electrons. The number of carbonyl (C=O) groups is 2. The molecular weight excluding hydrogens is 420 g/mol. The van der Waals surface area contributed by atoms with E-state index >= 15 is 0 Å². The lowest BCUT2D eigenvalue weighted by atomic mass is 9.66. The number of fused-ring (bicyclic) bond motifs is 2. The molecule has 0 spiro atoms. The van der Waals surface area contributed by atoms with Crippen molar-refractivity contribution in [2.75, 3.05) is 19.8 Å². The summed E-state index contributed by atoms with van der Waals surface area (Å²) in [5, 5.41) is 10.8. The third-order valence-corrected chi connectivity index (χ3v) is 6.44. The van der Waals surface area contributed by atoms with Crippen molar-refractivity contribution in [3.05, 3.63) is 53.7 Å². The first-order chi connectivity index (χ1) is 16.1. The van der Waals surface area contributed by atoms with Crippen LogP contribution in [0.1, 0.15) is 36.8 Å². The number of nitrogens with zero attached hydrogens (tertiary/aromatic N) is 2. The van der Waals surface area contributed by atoms with Gasteiger partial charge in [0.15, 0.2) is 12.4 Å². The van der Waals surface area contributed by atoms with Crippen molar-refractivity contribution in [3.63, 3.8) is 0 Å². The number of aliphatic imine (C=N–C) groups is 1. The molecule has 2 heterocycles. The number of nitrogens with one attached hydrogen (secondary N) is 2. The topological polar surface area (TPSA) is 106 Å². The summed E-state index contributed by atoms with van der Waals surface area (Å²) in [6.07, 6.45) is 6.88. The van der Waals surface area contributed by atoms with Crippen LogP contribution in [-0.4, -0.2) is 47.9 Å². The Kier molecular flexibility index (Phi) is 5.81. The van der Waals surface area contributed by atoms with Gasteiger partial charge in [0.2, 0.25) is 0 Å². The molecule has 1 aliphatic carbocycles. The maximum absolute atomic E-state index is 12.6. The minimum absolute atomic E-state index is 0.0144. The number of hydrogen-bond acceptors (Lipinski definition) is 6. The molecule has 5 rings (SSSR count). The van der Waals surface area contributed by atoms with E-state index in [-0.39, 0.29) is 30.3 Å². The van der Waals surface area contributed by atoms with Gasteiger partial charge in [0, 0.05) is 30.6 Å². The van der Waals surface area contributed by atoms with E-state index in [1.807, 2.05) is 42.6 Å².